The lowest BCUT2D eigenvalue weighted by molar-refractivity contribution is -0.144. The third-order valence-corrected chi connectivity index (χ3v) is 1.29. The summed E-state index contributed by atoms with van der Waals surface area (Å²) in [5.74, 6) is -1.23. The zero-order valence-corrected chi connectivity index (χ0v) is 6.72. The highest BCUT2D eigenvalue weighted by atomic mass is 35.5. The lowest BCUT2D eigenvalue weighted by Gasteiger charge is -2.08. The van der Waals surface area contributed by atoms with Crippen LogP contribution in [0.4, 0.5) is 0 Å². The van der Waals surface area contributed by atoms with Gasteiger partial charge in [-0.1, -0.05) is 0 Å². The summed E-state index contributed by atoms with van der Waals surface area (Å²) in [7, 11) is 1.20. The molecule has 11 heavy (non-hydrogen) atoms. The van der Waals surface area contributed by atoms with Crippen LogP contribution < -0.4 is 10.6 Å². The van der Waals surface area contributed by atoms with Crippen LogP contribution in [0, 0.1) is 0 Å². The van der Waals surface area contributed by atoms with Crippen LogP contribution in [0.2, 0.25) is 0 Å². The molecule has 0 spiro atoms. The van der Waals surface area contributed by atoms with E-state index in [0.717, 1.165) is 0 Å². The van der Waals surface area contributed by atoms with Crippen LogP contribution in [0.3, 0.4) is 0 Å². The summed E-state index contributed by atoms with van der Waals surface area (Å²) in [6.07, 6.45) is -0.170. The van der Waals surface area contributed by atoms with E-state index in [-0.39, 0.29) is 6.42 Å². The predicted molar refractivity (Wildman–Crippen MR) is 38.6 cm³/mol. The molecule has 6 heteroatoms. The van der Waals surface area contributed by atoms with Crippen LogP contribution in [0.25, 0.3) is 0 Å². The standard InChI is InChI=1S/C5H9ClN2O3/c1-11-5(10)3(8-6)2-4(7)9/h3,8H,2H2,1H3,(H2,7,9)/t3-/m0/s1. The van der Waals surface area contributed by atoms with Crippen LogP contribution in [-0.4, -0.2) is 25.0 Å². The quantitative estimate of drug-likeness (QED) is 0.436. The first-order chi connectivity index (χ1) is 5.11. The Bertz CT molecular complexity index is 162. The van der Waals surface area contributed by atoms with E-state index in [4.69, 9.17) is 17.5 Å². The minimum atomic E-state index is -0.862. The fourth-order valence-corrected chi connectivity index (χ4v) is 0.676. The second kappa shape index (κ2) is 4.92. The maximum atomic E-state index is 10.7. The Morgan fingerprint density at radius 2 is 2.27 bits per heavy atom. The first kappa shape index (κ1) is 10.2. The van der Waals surface area contributed by atoms with Gasteiger partial charge in [0.2, 0.25) is 5.91 Å². The van der Waals surface area contributed by atoms with Crippen molar-refractivity contribution in [1.29, 1.82) is 0 Å². The summed E-state index contributed by atoms with van der Waals surface area (Å²) in [4.78, 5) is 23.1. The van der Waals surface area contributed by atoms with Gasteiger partial charge in [0.25, 0.3) is 0 Å². The number of carbonyl (C=O) groups is 2. The zero-order valence-electron chi connectivity index (χ0n) is 5.96. The van der Waals surface area contributed by atoms with Crippen LogP contribution in [-0.2, 0) is 14.3 Å². The smallest absolute Gasteiger partial charge is 0.324 e. The van der Waals surface area contributed by atoms with Gasteiger partial charge in [-0.2, -0.15) is 0 Å². The highest BCUT2D eigenvalue weighted by molar-refractivity contribution is 6.15. The highest BCUT2D eigenvalue weighted by Crippen LogP contribution is 1.94. The van der Waals surface area contributed by atoms with Crippen molar-refractivity contribution in [3.8, 4) is 0 Å². The molecular formula is C5H9ClN2O3. The van der Waals surface area contributed by atoms with Crippen molar-refractivity contribution in [2.45, 2.75) is 12.5 Å². The van der Waals surface area contributed by atoms with Gasteiger partial charge < -0.3 is 10.5 Å². The first-order valence-corrected chi connectivity index (χ1v) is 3.22. The van der Waals surface area contributed by atoms with E-state index in [1.807, 2.05) is 0 Å². The van der Waals surface area contributed by atoms with E-state index in [1.54, 1.807) is 0 Å². The van der Waals surface area contributed by atoms with Crippen LogP contribution in [0.15, 0.2) is 0 Å². The number of rotatable bonds is 4. The SMILES string of the molecule is COC(=O)[C@H](CC(N)=O)NCl. The Hall–Kier alpha value is -0.810. The summed E-state index contributed by atoms with van der Waals surface area (Å²) in [5.41, 5.74) is 4.82. The molecule has 0 unspecified atom stereocenters. The normalized spacial score (nSPS) is 12.2. The molecule has 0 fully saturated rings. The van der Waals surface area contributed by atoms with Crippen LogP contribution in [0.5, 0.6) is 0 Å². The van der Waals surface area contributed by atoms with E-state index in [9.17, 15) is 9.59 Å². The predicted octanol–water partition coefficient (Wildman–Crippen LogP) is -0.853. The summed E-state index contributed by atoms with van der Waals surface area (Å²) >= 11 is 5.13. The van der Waals surface area contributed by atoms with Gasteiger partial charge in [0.15, 0.2) is 0 Å². The second-order valence-electron chi connectivity index (χ2n) is 1.86. The molecule has 64 valence electrons. The summed E-state index contributed by atoms with van der Waals surface area (Å²) in [6.45, 7) is 0. The Kier molecular flexibility index (Phi) is 4.56. The molecule has 5 nitrogen and oxygen atoms in total. The van der Waals surface area contributed by atoms with Crippen molar-refractivity contribution < 1.29 is 14.3 Å². The number of carbonyl (C=O) groups excluding carboxylic acids is 2. The zero-order chi connectivity index (χ0) is 8.85. The number of amides is 1. The van der Waals surface area contributed by atoms with E-state index in [0.29, 0.717) is 0 Å². The molecule has 0 aromatic carbocycles. The van der Waals surface area contributed by atoms with Crippen molar-refractivity contribution in [3.05, 3.63) is 0 Å². The molecule has 1 amide bonds. The molecule has 0 aliphatic rings. The van der Waals surface area contributed by atoms with Gasteiger partial charge in [-0.05, 0) is 11.8 Å². The van der Waals surface area contributed by atoms with Crippen molar-refractivity contribution in [2.24, 2.45) is 5.73 Å². The first-order valence-electron chi connectivity index (χ1n) is 2.84. The average molecular weight is 181 g/mol. The number of hydrogen-bond acceptors (Lipinski definition) is 4. The number of primary amides is 1. The summed E-state index contributed by atoms with van der Waals surface area (Å²) in [5, 5.41) is 0. The number of esters is 1. The van der Waals surface area contributed by atoms with Gasteiger partial charge in [0.05, 0.1) is 13.5 Å². The monoisotopic (exact) mass is 180 g/mol. The van der Waals surface area contributed by atoms with Gasteiger partial charge in [-0.15, -0.1) is 0 Å². The third kappa shape index (κ3) is 3.79. The van der Waals surface area contributed by atoms with Crippen molar-refractivity contribution in [2.75, 3.05) is 7.11 Å². The molecule has 0 aliphatic heterocycles. The fraction of sp³-hybridized carbons (Fsp3) is 0.600. The molecule has 0 rings (SSSR count). The Labute approximate surface area is 68.9 Å². The number of ether oxygens (including phenoxy) is 1. The molecule has 0 aliphatic carbocycles. The molecule has 0 saturated carbocycles. The molecular weight excluding hydrogens is 172 g/mol. The van der Waals surface area contributed by atoms with E-state index in [2.05, 4.69) is 9.57 Å². The van der Waals surface area contributed by atoms with Crippen molar-refractivity contribution in [3.63, 3.8) is 0 Å². The van der Waals surface area contributed by atoms with Crippen LogP contribution >= 0.6 is 11.8 Å². The van der Waals surface area contributed by atoms with Crippen LogP contribution in [0.1, 0.15) is 6.42 Å². The van der Waals surface area contributed by atoms with Gasteiger partial charge in [0.1, 0.15) is 6.04 Å². The lowest BCUT2D eigenvalue weighted by Crippen LogP contribution is -2.36. The molecule has 0 radical (unpaired) electrons. The maximum absolute atomic E-state index is 10.7. The minimum Gasteiger partial charge on any atom is -0.468 e. The maximum Gasteiger partial charge on any atom is 0.324 e. The third-order valence-electron chi connectivity index (χ3n) is 1.02. The Morgan fingerprint density at radius 1 is 1.73 bits per heavy atom. The van der Waals surface area contributed by atoms with Gasteiger partial charge in [0, 0.05) is 0 Å². The number of halogens is 1. The lowest BCUT2D eigenvalue weighted by atomic mass is 10.2. The molecule has 0 bridgehead atoms. The molecule has 0 saturated heterocycles. The van der Waals surface area contributed by atoms with E-state index in [1.165, 1.54) is 7.11 Å². The van der Waals surface area contributed by atoms with E-state index >= 15 is 0 Å². The number of nitrogens with one attached hydrogen (secondary N) is 1. The molecule has 0 aromatic rings. The highest BCUT2D eigenvalue weighted by Gasteiger charge is 2.19. The number of methoxy groups -OCH3 is 1. The fourth-order valence-electron chi connectivity index (χ4n) is 0.510. The van der Waals surface area contributed by atoms with Gasteiger partial charge in [-0.3, -0.25) is 9.59 Å². The number of hydrogen-bond donors (Lipinski definition) is 2. The van der Waals surface area contributed by atoms with Gasteiger partial charge in [-0.25, -0.2) is 4.84 Å². The number of nitrogens with two attached hydrogens (primary N) is 1. The van der Waals surface area contributed by atoms with Gasteiger partial charge >= 0.3 is 5.97 Å². The Morgan fingerprint density at radius 3 is 2.55 bits per heavy atom. The average Bonchev–Trinajstić information content (AvgIpc) is 1.98. The largest absolute Gasteiger partial charge is 0.468 e. The Balaban J connectivity index is 3.94. The molecule has 3 N–H and O–H groups in total. The van der Waals surface area contributed by atoms with Crippen molar-refractivity contribution in [1.82, 2.24) is 4.84 Å². The summed E-state index contributed by atoms with van der Waals surface area (Å²) in [6, 6.07) is -0.862. The molecule has 1 atom stereocenters. The topological polar surface area (TPSA) is 81.4 Å². The molecule has 0 aromatic heterocycles. The molecule has 0 heterocycles. The second-order valence-corrected chi connectivity index (χ2v) is 2.07. The minimum absolute atomic E-state index is 0.170. The van der Waals surface area contributed by atoms with Crippen molar-refractivity contribution >= 4 is 23.7 Å². The summed E-state index contributed by atoms with van der Waals surface area (Å²) < 4.78 is 4.31. The van der Waals surface area contributed by atoms with E-state index < -0.39 is 17.9 Å².